The zero-order valence-corrected chi connectivity index (χ0v) is 11.7. The summed E-state index contributed by atoms with van der Waals surface area (Å²) in [4.78, 5) is 25.6. The molecule has 0 heterocycles. The monoisotopic (exact) mass is 308 g/mol. The standard InChI is InChI=1S/C13H12N2O5S/c1-2-8-20-13(17)12(15-14)11(16)9-21(18,19)10-6-4-3-5-7-10/h2-7H,1,8-9H2. The molecule has 0 radical (unpaired) electrons. The summed E-state index contributed by atoms with van der Waals surface area (Å²) in [6.07, 6.45) is 1.25. The molecule has 1 rings (SSSR count). The summed E-state index contributed by atoms with van der Waals surface area (Å²) in [6, 6.07) is 7.24. The minimum Gasteiger partial charge on any atom is -0.453 e. The van der Waals surface area contributed by atoms with Gasteiger partial charge in [0, 0.05) is 0 Å². The SMILES string of the molecule is C=CCOC(=O)C(=[N+]=[N-])C(=O)CS(=O)(=O)c1ccccc1. The Bertz CT molecular complexity index is 703. The predicted octanol–water partition coefficient (Wildman–Crippen LogP) is 0.429. The van der Waals surface area contributed by atoms with Gasteiger partial charge >= 0.3 is 11.7 Å². The highest BCUT2D eigenvalue weighted by Crippen LogP contribution is 2.10. The third-order valence-electron chi connectivity index (χ3n) is 2.31. The lowest BCUT2D eigenvalue weighted by atomic mass is 10.3. The van der Waals surface area contributed by atoms with Crippen LogP contribution in [0.4, 0.5) is 0 Å². The average molecular weight is 308 g/mol. The van der Waals surface area contributed by atoms with Crippen LogP contribution in [0.2, 0.25) is 0 Å². The molecule has 0 aliphatic rings. The first kappa shape index (κ1) is 16.5. The molecule has 0 aromatic heterocycles. The van der Waals surface area contributed by atoms with Crippen LogP contribution in [0, 0.1) is 0 Å². The van der Waals surface area contributed by atoms with Gasteiger partial charge in [-0.15, -0.1) is 0 Å². The van der Waals surface area contributed by atoms with Crippen LogP contribution in [-0.2, 0) is 24.2 Å². The van der Waals surface area contributed by atoms with E-state index in [1.807, 2.05) is 0 Å². The quantitative estimate of drug-likeness (QED) is 0.181. The fraction of sp³-hybridized carbons (Fsp3) is 0.154. The van der Waals surface area contributed by atoms with E-state index in [4.69, 9.17) is 5.53 Å². The third kappa shape index (κ3) is 4.48. The molecule has 0 aliphatic carbocycles. The number of sulfone groups is 1. The molecule has 1 aromatic rings. The van der Waals surface area contributed by atoms with E-state index < -0.39 is 33.1 Å². The lowest BCUT2D eigenvalue weighted by Crippen LogP contribution is -2.32. The number of nitrogens with zero attached hydrogens (tertiary/aromatic N) is 2. The number of ether oxygens (including phenoxy) is 1. The maximum absolute atomic E-state index is 12.0. The molecule has 0 spiro atoms. The second kappa shape index (κ2) is 7.28. The number of carbonyl (C=O) groups is 2. The van der Waals surface area contributed by atoms with Crippen molar-refractivity contribution in [3.05, 3.63) is 48.5 Å². The smallest absolute Gasteiger partial charge is 0.442 e. The Kier molecular flexibility index (Phi) is 5.71. The highest BCUT2D eigenvalue weighted by Gasteiger charge is 2.34. The number of rotatable bonds is 7. The summed E-state index contributed by atoms with van der Waals surface area (Å²) in [5.41, 5.74) is 7.70. The number of hydrogen-bond donors (Lipinski definition) is 0. The molecular weight excluding hydrogens is 296 g/mol. The number of ketones is 1. The van der Waals surface area contributed by atoms with Crippen LogP contribution in [0.5, 0.6) is 0 Å². The van der Waals surface area contributed by atoms with Gasteiger partial charge < -0.3 is 10.3 Å². The molecule has 1 aromatic carbocycles. The van der Waals surface area contributed by atoms with Crippen molar-refractivity contribution < 1.29 is 27.5 Å². The van der Waals surface area contributed by atoms with Gasteiger partial charge in [-0.1, -0.05) is 30.9 Å². The maximum Gasteiger partial charge on any atom is 0.442 e. The lowest BCUT2D eigenvalue weighted by Gasteiger charge is -2.01. The van der Waals surface area contributed by atoms with Gasteiger partial charge in [-0.25, -0.2) is 13.2 Å². The van der Waals surface area contributed by atoms with Crippen molar-refractivity contribution in [2.45, 2.75) is 4.90 Å². The summed E-state index contributed by atoms with van der Waals surface area (Å²) >= 11 is 0. The molecule has 7 nitrogen and oxygen atoms in total. The van der Waals surface area contributed by atoms with Gasteiger partial charge in [0.1, 0.15) is 12.4 Å². The van der Waals surface area contributed by atoms with E-state index >= 15 is 0 Å². The lowest BCUT2D eigenvalue weighted by molar-refractivity contribution is -0.140. The second-order valence-corrected chi connectivity index (χ2v) is 5.82. The highest BCUT2D eigenvalue weighted by molar-refractivity contribution is 7.92. The van der Waals surface area contributed by atoms with Gasteiger partial charge in [0.25, 0.3) is 5.78 Å². The van der Waals surface area contributed by atoms with Gasteiger partial charge in [0.15, 0.2) is 9.84 Å². The summed E-state index contributed by atoms with van der Waals surface area (Å²) in [5.74, 6) is -3.37. The molecule has 0 saturated heterocycles. The minimum absolute atomic E-state index is 0.0740. The van der Waals surface area contributed by atoms with Crippen LogP contribution < -0.4 is 0 Å². The highest BCUT2D eigenvalue weighted by atomic mass is 32.2. The first-order valence-corrected chi connectivity index (χ1v) is 7.38. The van der Waals surface area contributed by atoms with Crippen molar-refractivity contribution >= 4 is 27.3 Å². The first-order valence-electron chi connectivity index (χ1n) is 5.73. The van der Waals surface area contributed by atoms with Gasteiger partial charge in [-0.05, 0) is 12.1 Å². The fourth-order valence-corrected chi connectivity index (χ4v) is 2.59. The zero-order chi connectivity index (χ0) is 15.9. The molecule has 0 fully saturated rings. The third-order valence-corrected chi connectivity index (χ3v) is 3.95. The Morgan fingerprint density at radius 1 is 1.29 bits per heavy atom. The van der Waals surface area contributed by atoms with Crippen molar-refractivity contribution in [3.63, 3.8) is 0 Å². The van der Waals surface area contributed by atoms with Crippen LogP contribution in [-0.4, -0.2) is 43.0 Å². The van der Waals surface area contributed by atoms with Crippen LogP contribution in [0.25, 0.3) is 5.53 Å². The van der Waals surface area contributed by atoms with E-state index in [0.29, 0.717) is 0 Å². The Morgan fingerprint density at radius 3 is 2.43 bits per heavy atom. The van der Waals surface area contributed by atoms with Crippen molar-refractivity contribution in [2.24, 2.45) is 0 Å². The molecule has 21 heavy (non-hydrogen) atoms. The van der Waals surface area contributed by atoms with E-state index in [-0.39, 0.29) is 11.5 Å². The molecule has 0 bridgehead atoms. The predicted molar refractivity (Wildman–Crippen MR) is 73.3 cm³/mol. The summed E-state index contributed by atoms with van der Waals surface area (Å²) in [6.45, 7) is 3.10. The summed E-state index contributed by atoms with van der Waals surface area (Å²) in [7, 11) is -3.94. The molecular formula is C13H12N2O5S. The van der Waals surface area contributed by atoms with E-state index in [9.17, 15) is 18.0 Å². The van der Waals surface area contributed by atoms with Crippen molar-refractivity contribution in [3.8, 4) is 0 Å². The number of benzene rings is 1. The second-order valence-electron chi connectivity index (χ2n) is 3.83. The van der Waals surface area contributed by atoms with Crippen LogP contribution in [0.3, 0.4) is 0 Å². The minimum atomic E-state index is -3.94. The Morgan fingerprint density at radius 2 is 1.90 bits per heavy atom. The number of carbonyl (C=O) groups excluding carboxylic acids is 2. The Hall–Kier alpha value is -2.57. The number of Topliss-reactive ketones (excluding diaryl/α,β-unsaturated/α-hetero) is 1. The average Bonchev–Trinajstić information content (AvgIpc) is 2.46. The van der Waals surface area contributed by atoms with Crippen molar-refractivity contribution in [2.75, 3.05) is 12.4 Å². The van der Waals surface area contributed by atoms with E-state index in [1.165, 1.54) is 30.3 Å². The van der Waals surface area contributed by atoms with Crippen LogP contribution >= 0.6 is 0 Å². The van der Waals surface area contributed by atoms with Gasteiger partial charge in [-0.3, -0.25) is 4.79 Å². The van der Waals surface area contributed by atoms with Crippen molar-refractivity contribution in [1.82, 2.24) is 0 Å². The first-order chi connectivity index (χ1) is 9.92. The van der Waals surface area contributed by atoms with Crippen molar-refractivity contribution in [1.29, 1.82) is 0 Å². The molecule has 0 N–H and O–H groups in total. The topological polar surface area (TPSA) is 114 Å². The largest absolute Gasteiger partial charge is 0.453 e. The van der Waals surface area contributed by atoms with E-state index in [0.717, 1.165) is 0 Å². The molecule has 8 heteroatoms. The van der Waals surface area contributed by atoms with E-state index in [2.05, 4.69) is 16.1 Å². The zero-order valence-electron chi connectivity index (χ0n) is 10.9. The molecule has 110 valence electrons. The summed E-state index contributed by atoms with van der Waals surface area (Å²) < 4.78 is 28.5. The fourth-order valence-electron chi connectivity index (χ4n) is 1.37. The molecule has 0 amide bonds. The van der Waals surface area contributed by atoms with Gasteiger partial charge in [0.05, 0.1) is 4.90 Å². The molecule has 0 unspecified atom stereocenters. The maximum atomic E-state index is 12.0. The summed E-state index contributed by atoms with van der Waals surface area (Å²) in [5, 5.41) is 0. The molecule has 0 aliphatic heterocycles. The molecule has 0 saturated carbocycles. The van der Waals surface area contributed by atoms with Gasteiger partial charge in [-0.2, -0.15) is 4.79 Å². The molecule has 0 atom stereocenters. The Balaban J connectivity index is 2.92. The number of esters is 1. The Labute approximate surface area is 121 Å². The van der Waals surface area contributed by atoms with E-state index in [1.54, 1.807) is 6.07 Å². The van der Waals surface area contributed by atoms with Gasteiger partial charge in [0.2, 0.25) is 0 Å². The van der Waals surface area contributed by atoms with Crippen LogP contribution in [0.15, 0.2) is 47.9 Å². The normalized spacial score (nSPS) is 10.3. The van der Waals surface area contributed by atoms with Crippen LogP contribution in [0.1, 0.15) is 0 Å². The number of hydrogen-bond acceptors (Lipinski definition) is 5.